The van der Waals surface area contributed by atoms with Crippen molar-refractivity contribution < 1.29 is 4.79 Å². The number of aryl methyl sites for hydroxylation is 1. The summed E-state index contributed by atoms with van der Waals surface area (Å²) in [5.41, 5.74) is 4.18. The van der Waals surface area contributed by atoms with Crippen molar-refractivity contribution in [3.8, 4) is 11.4 Å². The average Bonchev–Trinajstić information content (AvgIpc) is 3.17. The number of pyridine rings is 1. The van der Waals surface area contributed by atoms with E-state index in [-0.39, 0.29) is 12.1 Å². The van der Waals surface area contributed by atoms with Crippen LogP contribution in [0.1, 0.15) is 25.8 Å². The normalized spacial score (nSPS) is 15.9. The van der Waals surface area contributed by atoms with Crippen LogP contribution >= 0.6 is 0 Å². The highest BCUT2D eigenvalue weighted by Crippen LogP contribution is 2.24. The Labute approximate surface area is 184 Å². The van der Waals surface area contributed by atoms with Gasteiger partial charge in [0.2, 0.25) is 0 Å². The fourth-order valence-electron chi connectivity index (χ4n) is 3.91. The Morgan fingerprint density at radius 1 is 1.10 bits per heavy atom. The first kappa shape index (κ1) is 21.3. The molecule has 4 rings (SSSR count). The molecule has 2 aromatic heterocycles. The minimum atomic E-state index is 0.0560. The molecule has 0 aliphatic carbocycles. The summed E-state index contributed by atoms with van der Waals surface area (Å²) < 4.78 is 2.22. The maximum Gasteiger partial charge on any atom is 0.317 e. The van der Waals surface area contributed by atoms with Crippen molar-refractivity contribution in [1.82, 2.24) is 29.7 Å². The quantitative estimate of drug-likeness (QED) is 0.663. The molecule has 0 saturated carbocycles. The summed E-state index contributed by atoms with van der Waals surface area (Å²) in [7, 11) is 0. The van der Waals surface area contributed by atoms with Gasteiger partial charge in [-0.3, -0.25) is 4.90 Å². The summed E-state index contributed by atoms with van der Waals surface area (Å²) in [4.78, 5) is 26.2. The lowest BCUT2D eigenvalue weighted by atomic mass is 10.1. The summed E-state index contributed by atoms with van der Waals surface area (Å²) in [5.74, 6) is 0.959. The monoisotopic (exact) mass is 420 g/mol. The predicted molar refractivity (Wildman–Crippen MR) is 124 cm³/mol. The van der Waals surface area contributed by atoms with Gasteiger partial charge < -0.3 is 14.8 Å². The van der Waals surface area contributed by atoms with E-state index in [9.17, 15) is 4.79 Å². The van der Waals surface area contributed by atoms with Crippen molar-refractivity contribution in [3.05, 3.63) is 48.2 Å². The van der Waals surface area contributed by atoms with Gasteiger partial charge in [0.15, 0.2) is 5.65 Å². The molecule has 1 aliphatic heterocycles. The molecule has 3 heterocycles. The van der Waals surface area contributed by atoms with E-state index in [1.807, 2.05) is 30.2 Å². The van der Waals surface area contributed by atoms with Crippen LogP contribution in [0.4, 0.5) is 4.79 Å². The zero-order valence-corrected chi connectivity index (χ0v) is 18.7. The summed E-state index contributed by atoms with van der Waals surface area (Å²) in [5, 5.41) is 3.07. The summed E-state index contributed by atoms with van der Waals surface area (Å²) >= 11 is 0. The number of fused-ring (bicyclic) bond motifs is 1. The lowest BCUT2D eigenvalue weighted by Crippen LogP contribution is -2.53. The molecule has 1 aromatic carbocycles. The Morgan fingerprint density at radius 2 is 1.84 bits per heavy atom. The van der Waals surface area contributed by atoms with E-state index in [1.54, 1.807) is 0 Å². The molecule has 1 N–H and O–H groups in total. The van der Waals surface area contributed by atoms with Gasteiger partial charge in [-0.1, -0.05) is 36.8 Å². The molecule has 31 heavy (non-hydrogen) atoms. The van der Waals surface area contributed by atoms with E-state index >= 15 is 0 Å². The number of nitrogens with zero attached hydrogens (tertiary/aromatic N) is 5. The second kappa shape index (κ2) is 9.47. The first-order valence-electron chi connectivity index (χ1n) is 11.2. The first-order chi connectivity index (χ1) is 15.0. The zero-order valence-electron chi connectivity index (χ0n) is 18.7. The maximum atomic E-state index is 12.4. The Kier molecular flexibility index (Phi) is 6.51. The van der Waals surface area contributed by atoms with Crippen LogP contribution in [-0.4, -0.2) is 69.1 Å². The number of benzene rings is 1. The van der Waals surface area contributed by atoms with Gasteiger partial charge in [-0.2, -0.15) is 0 Å². The summed E-state index contributed by atoms with van der Waals surface area (Å²) in [6.07, 6.45) is 2.77. The van der Waals surface area contributed by atoms with E-state index in [0.29, 0.717) is 0 Å². The number of carbonyl (C=O) groups excluding carboxylic acids is 1. The molecule has 0 spiro atoms. The topological polar surface area (TPSA) is 66.3 Å². The largest absolute Gasteiger partial charge is 0.336 e. The van der Waals surface area contributed by atoms with E-state index in [4.69, 9.17) is 4.98 Å². The zero-order chi connectivity index (χ0) is 21.8. The van der Waals surface area contributed by atoms with Gasteiger partial charge >= 0.3 is 6.03 Å². The molecule has 0 radical (unpaired) electrons. The van der Waals surface area contributed by atoms with Crippen LogP contribution in [0.25, 0.3) is 22.6 Å². The van der Waals surface area contributed by atoms with Crippen molar-refractivity contribution in [3.63, 3.8) is 0 Å². The third-order valence-electron chi connectivity index (χ3n) is 6.10. The van der Waals surface area contributed by atoms with Crippen molar-refractivity contribution in [1.29, 1.82) is 0 Å². The number of nitrogens with one attached hydrogen (secondary N) is 1. The molecule has 3 aromatic rings. The van der Waals surface area contributed by atoms with Crippen LogP contribution in [0.5, 0.6) is 0 Å². The van der Waals surface area contributed by atoms with Crippen molar-refractivity contribution in [2.24, 2.45) is 0 Å². The second-order valence-electron chi connectivity index (χ2n) is 8.39. The molecular weight excluding hydrogens is 388 g/mol. The third-order valence-corrected chi connectivity index (χ3v) is 6.10. The Balaban J connectivity index is 1.43. The smallest absolute Gasteiger partial charge is 0.317 e. The number of urea groups is 1. The van der Waals surface area contributed by atoms with E-state index in [2.05, 4.69) is 57.9 Å². The van der Waals surface area contributed by atoms with Gasteiger partial charge in [0.1, 0.15) is 11.3 Å². The molecule has 1 fully saturated rings. The number of carbonyl (C=O) groups is 1. The highest BCUT2D eigenvalue weighted by Gasteiger charge is 2.22. The number of hydrogen-bond donors (Lipinski definition) is 1. The number of amides is 2. The fraction of sp³-hybridized carbons (Fsp3) is 0.458. The summed E-state index contributed by atoms with van der Waals surface area (Å²) in [6, 6.07) is 12.7. The van der Waals surface area contributed by atoms with Gasteiger partial charge in [-0.15, -0.1) is 0 Å². The van der Waals surface area contributed by atoms with Crippen molar-refractivity contribution >= 4 is 17.2 Å². The molecule has 1 saturated heterocycles. The molecule has 2 amide bonds. The van der Waals surface area contributed by atoms with E-state index in [1.165, 1.54) is 5.56 Å². The van der Waals surface area contributed by atoms with Gasteiger partial charge in [-0.25, -0.2) is 14.8 Å². The Bertz CT molecular complexity index is 1020. The molecular formula is C24H32N6O. The van der Waals surface area contributed by atoms with Gasteiger partial charge in [-0.05, 0) is 32.4 Å². The van der Waals surface area contributed by atoms with Gasteiger partial charge in [0, 0.05) is 57.1 Å². The van der Waals surface area contributed by atoms with Gasteiger partial charge in [0.25, 0.3) is 0 Å². The lowest BCUT2D eigenvalue weighted by molar-refractivity contribution is 0.135. The van der Waals surface area contributed by atoms with E-state index in [0.717, 1.165) is 68.2 Å². The molecule has 1 aliphatic rings. The minimum Gasteiger partial charge on any atom is -0.336 e. The highest BCUT2D eigenvalue weighted by atomic mass is 16.2. The van der Waals surface area contributed by atoms with Crippen LogP contribution in [0.3, 0.4) is 0 Å². The Hall–Kier alpha value is -2.93. The maximum absolute atomic E-state index is 12.4. The lowest BCUT2D eigenvalue weighted by Gasteiger charge is -2.35. The molecule has 1 unspecified atom stereocenters. The second-order valence-corrected chi connectivity index (χ2v) is 8.39. The number of aromatic nitrogens is 3. The fourth-order valence-corrected chi connectivity index (χ4v) is 3.91. The molecule has 7 nitrogen and oxygen atoms in total. The minimum absolute atomic E-state index is 0.0560. The van der Waals surface area contributed by atoms with Gasteiger partial charge in [0.05, 0.1) is 0 Å². The van der Waals surface area contributed by atoms with Crippen molar-refractivity contribution in [2.75, 3.05) is 32.7 Å². The number of imidazole rings is 1. The van der Waals surface area contributed by atoms with Crippen LogP contribution in [0.15, 0.2) is 42.6 Å². The average molecular weight is 421 g/mol. The first-order valence-corrected chi connectivity index (χ1v) is 11.2. The molecule has 1 atom stereocenters. The van der Waals surface area contributed by atoms with Crippen LogP contribution in [0, 0.1) is 6.92 Å². The predicted octanol–water partition coefficient (Wildman–Crippen LogP) is 3.53. The van der Waals surface area contributed by atoms with Crippen LogP contribution in [0.2, 0.25) is 0 Å². The van der Waals surface area contributed by atoms with Crippen molar-refractivity contribution in [2.45, 2.75) is 39.8 Å². The highest BCUT2D eigenvalue weighted by molar-refractivity contribution is 5.77. The van der Waals surface area contributed by atoms with Crippen LogP contribution < -0.4 is 5.32 Å². The molecule has 0 bridgehead atoms. The molecule has 7 heteroatoms. The Morgan fingerprint density at radius 3 is 2.55 bits per heavy atom. The van der Waals surface area contributed by atoms with Crippen LogP contribution in [-0.2, 0) is 6.54 Å². The van der Waals surface area contributed by atoms with E-state index < -0.39 is 0 Å². The third kappa shape index (κ3) is 4.88. The number of hydrogen-bond acceptors (Lipinski definition) is 4. The number of rotatable bonds is 6. The number of piperazine rings is 1. The molecule has 164 valence electrons. The SMILES string of the molecule is CCC(C)NC(=O)N1CCN(CCn2c(-c3ccc(C)cc3)nc3cccnc32)CC1. The standard InChI is InChI=1S/C24H32N6O/c1-4-19(3)26-24(31)29-15-12-28(13-16-29)14-17-30-22(20-9-7-18(2)8-10-20)27-21-6-5-11-25-23(21)30/h5-11,19H,4,12-17H2,1-3H3,(H,26,31). The summed E-state index contributed by atoms with van der Waals surface area (Å²) in [6.45, 7) is 11.2.